The van der Waals surface area contributed by atoms with Crippen molar-refractivity contribution in [3.05, 3.63) is 53.2 Å². The first kappa shape index (κ1) is 26.3. The molecule has 1 aliphatic rings. The monoisotopic (exact) mass is 531 g/mol. The zero-order valence-electron chi connectivity index (χ0n) is 21.9. The lowest BCUT2D eigenvalue weighted by molar-refractivity contribution is -0.171. The normalized spacial score (nSPS) is 16.9. The maximum atomic E-state index is 12.8. The summed E-state index contributed by atoms with van der Waals surface area (Å²) in [6.07, 6.45) is 4.19. The Bertz CT molecular complexity index is 1560. The Hall–Kier alpha value is -4.31. The zero-order valence-corrected chi connectivity index (χ0v) is 21.9. The van der Waals surface area contributed by atoms with Crippen molar-refractivity contribution in [2.24, 2.45) is 0 Å². The number of anilines is 1. The van der Waals surface area contributed by atoms with Crippen molar-refractivity contribution < 1.29 is 23.9 Å². The Balaban J connectivity index is 1.45. The van der Waals surface area contributed by atoms with Crippen LogP contribution in [0.25, 0.3) is 22.2 Å². The van der Waals surface area contributed by atoms with Crippen molar-refractivity contribution in [2.45, 2.75) is 44.7 Å². The average Bonchev–Trinajstić information content (AvgIpc) is 3.58. The van der Waals surface area contributed by atoms with Gasteiger partial charge in [-0.15, -0.1) is 0 Å². The second-order valence-electron chi connectivity index (χ2n) is 9.63. The number of nitrogen functional groups attached to an aromatic ring is 1. The highest BCUT2D eigenvalue weighted by molar-refractivity contribution is 6.10. The van der Waals surface area contributed by atoms with Crippen LogP contribution in [-0.4, -0.2) is 68.2 Å². The fraction of sp³-hybridized carbons (Fsp3) is 0.370. The molecule has 5 rings (SSSR count). The molecule has 202 valence electrons. The van der Waals surface area contributed by atoms with Gasteiger partial charge in [-0.05, 0) is 44.4 Å². The lowest BCUT2D eigenvalue weighted by Crippen LogP contribution is -2.22. The molecule has 1 aromatic carbocycles. The third kappa shape index (κ3) is 5.75. The minimum atomic E-state index is -1.61. The summed E-state index contributed by atoms with van der Waals surface area (Å²) in [5.41, 5.74) is 6.92. The van der Waals surface area contributed by atoms with Gasteiger partial charge in [-0.1, -0.05) is 17.0 Å². The van der Waals surface area contributed by atoms with Crippen LogP contribution in [0.15, 0.2) is 35.0 Å². The van der Waals surface area contributed by atoms with Crippen LogP contribution in [0.2, 0.25) is 0 Å². The van der Waals surface area contributed by atoms with E-state index in [1.165, 1.54) is 18.0 Å². The van der Waals surface area contributed by atoms with E-state index in [1.807, 2.05) is 0 Å². The molecule has 0 aliphatic carbocycles. The van der Waals surface area contributed by atoms with Gasteiger partial charge < -0.3 is 29.7 Å². The molecule has 0 saturated carbocycles. The molecule has 1 aliphatic heterocycles. The second kappa shape index (κ2) is 10.8. The van der Waals surface area contributed by atoms with Gasteiger partial charge in [-0.2, -0.15) is 5.10 Å². The van der Waals surface area contributed by atoms with Gasteiger partial charge in [0.25, 0.3) is 5.91 Å². The van der Waals surface area contributed by atoms with Crippen LogP contribution in [0.3, 0.4) is 0 Å². The molecule has 0 bridgehead atoms. The van der Waals surface area contributed by atoms with Crippen molar-refractivity contribution in [3.8, 4) is 23.1 Å². The van der Waals surface area contributed by atoms with Crippen molar-refractivity contribution in [2.75, 3.05) is 26.4 Å². The summed E-state index contributed by atoms with van der Waals surface area (Å²) < 4.78 is 16.7. The van der Waals surface area contributed by atoms with E-state index in [-0.39, 0.29) is 36.1 Å². The van der Waals surface area contributed by atoms with E-state index < -0.39 is 5.60 Å². The molecule has 12 heteroatoms. The molecular formula is C27H29N7O5. The van der Waals surface area contributed by atoms with Crippen LogP contribution in [0.1, 0.15) is 53.7 Å². The van der Waals surface area contributed by atoms with E-state index in [1.54, 1.807) is 38.4 Å². The van der Waals surface area contributed by atoms with E-state index in [0.717, 1.165) is 19.3 Å². The first-order valence-corrected chi connectivity index (χ1v) is 12.5. The molecule has 4 heterocycles. The van der Waals surface area contributed by atoms with Crippen molar-refractivity contribution >= 4 is 22.8 Å². The first-order valence-electron chi connectivity index (χ1n) is 12.5. The standard InChI is InChI=1S/C27H29N7O5/c1-27(36,21-14-17(39-33-21)15-38-22-6-4-5-11-37-22)9-7-16-12-18(19-8-10-29-26(28)30-19)23-20(13-16)31-32-24(23)25(35)34(2)3/h8,10,12-14,22,36H,4-6,11,15H2,1-3H3,(H,31,32)(H2,28,29,30). The smallest absolute Gasteiger partial charge is 0.274 e. The maximum absolute atomic E-state index is 12.8. The summed E-state index contributed by atoms with van der Waals surface area (Å²) in [5.74, 6) is 6.14. The predicted molar refractivity (Wildman–Crippen MR) is 141 cm³/mol. The largest absolute Gasteiger partial charge is 0.372 e. The van der Waals surface area contributed by atoms with Gasteiger partial charge in [0, 0.05) is 49.5 Å². The number of aromatic amines is 1. The minimum Gasteiger partial charge on any atom is -0.372 e. The van der Waals surface area contributed by atoms with Crippen LogP contribution < -0.4 is 5.73 Å². The quantitative estimate of drug-likeness (QED) is 0.315. The van der Waals surface area contributed by atoms with Crippen LogP contribution in [-0.2, 0) is 21.7 Å². The number of ether oxygens (including phenoxy) is 2. The van der Waals surface area contributed by atoms with Crippen LogP contribution in [0.5, 0.6) is 0 Å². The van der Waals surface area contributed by atoms with E-state index in [9.17, 15) is 9.90 Å². The first-order chi connectivity index (χ1) is 18.7. The number of aliphatic hydroxyl groups is 1. The zero-order chi connectivity index (χ0) is 27.6. The maximum Gasteiger partial charge on any atom is 0.274 e. The summed E-state index contributed by atoms with van der Waals surface area (Å²) in [7, 11) is 3.30. The SMILES string of the molecule is CN(C)C(=O)c1n[nH]c2cc(C#CC(C)(O)c3cc(COC4CCCCO4)on3)cc(-c3ccnc(N)n3)c12. The summed E-state index contributed by atoms with van der Waals surface area (Å²) in [4.78, 5) is 22.5. The number of fused-ring (bicyclic) bond motifs is 1. The number of aromatic nitrogens is 5. The topological polar surface area (TPSA) is 166 Å². The third-order valence-electron chi connectivity index (χ3n) is 6.28. The van der Waals surface area contributed by atoms with Crippen molar-refractivity contribution in [3.63, 3.8) is 0 Å². The number of amides is 1. The van der Waals surface area contributed by atoms with E-state index >= 15 is 0 Å². The Morgan fingerprint density at radius 3 is 2.92 bits per heavy atom. The molecule has 39 heavy (non-hydrogen) atoms. The Morgan fingerprint density at radius 2 is 2.18 bits per heavy atom. The van der Waals surface area contributed by atoms with Crippen LogP contribution in [0, 0.1) is 11.8 Å². The molecule has 1 fully saturated rings. The number of carbonyl (C=O) groups excluding carboxylic acids is 1. The van der Waals surface area contributed by atoms with Gasteiger partial charge in [0.15, 0.2) is 23.3 Å². The fourth-order valence-corrected chi connectivity index (χ4v) is 4.21. The number of carbonyl (C=O) groups is 1. The van der Waals surface area contributed by atoms with Gasteiger partial charge in [0.1, 0.15) is 12.3 Å². The number of hydrogen-bond acceptors (Lipinski definition) is 10. The molecule has 4 aromatic rings. The number of nitrogens with two attached hydrogens (primary N) is 1. The van der Waals surface area contributed by atoms with Crippen molar-refractivity contribution in [1.82, 2.24) is 30.2 Å². The van der Waals surface area contributed by atoms with Gasteiger partial charge >= 0.3 is 0 Å². The summed E-state index contributed by atoms with van der Waals surface area (Å²) in [6, 6.07) is 6.82. The van der Waals surface area contributed by atoms with Crippen LogP contribution in [0.4, 0.5) is 5.95 Å². The average molecular weight is 532 g/mol. The van der Waals surface area contributed by atoms with E-state index in [4.69, 9.17) is 19.7 Å². The number of rotatable bonds is 6. The molecule has 4 N–H and O–H groups in total. The molecular weight excluding hydrogens is 502 g/mol. The highest BCUT2D eigenvalue weighted by Gasteiger charge is 2.26. The number of benzene rings is 1. The Labute approximate surface area is 224 Å². The predicted octanol–water partition coefficient (Wildman–Crippen LogP) is 2.59. The highest BCUT2D eigenvalue weighted by Crippen LogP contribution is 2.31. The molecule has 12 nitrogen and oxygen atoms in total. The number of hydrogen-bond donors (Lipinski definition) is 3. The lowest BCUT2D eigenvalue weighted by atomic mass is 9.99. The molecule has 1 saturated heterocycles. The highest BCUT2D eigenvalue weighted by atomic mass is 16.7. The Kier molecular flexibility index (Phi) is 7.30. The number of nitrogens with zero attached hydrogens (tertiary/aromatic N) is 5. The third-order valence-corrected chi connectivity index (χ3v) is 6.28. The van der Waals surface area contributed by atoms with E-state index in [0.29, 0.717) is 40.1 Å². The Morgan fingerprint density at radius 1 is 1.33 bits per heavy atom. The fourth-order valence-electron chi connectivity index (χ4n) is 4.21. The van der Waals surface area contributed by atoms with Gasteiger partial charge in [0.05, 0.1) is 11.2 Å². The van der Waals surface area contributed by atoms with Crippen molar-refractivity contribution in [1.29, 1.82) is 0 Å². The van der Waals surface area contributed by atoms with Gasteiger partial charge in [0.2, 0.25) is 5.95 Å². The molecule has 2 atom stereocenters. The number of nitrogens with one attached hydrogen (secondary N) is 1. The van der Waals surface area contributed by atoms with Crippen LogP contribution >= 0.6 is 0 Å². The molecule has 0 radical (unpaired) electrons. The summed E-state index contributed by atoms with van der Waals surface area (Å²) in [6.45, 7) is 2.39. The molecule has 3 aromatic heterocycles. The molecule has 1 amide bonds. The van der Waals surface area contributed by atoms with Gasteiger partial charge in [-0.3, -0.25) is 9.89 Å². The summed E-state index contributed by atoms with van der Waals surface area (Å²) >= 11 is 0. The van der Waals surface area contributed by atoms with E-state index in [2.05, 4.69) is 37.2 Å². The summed E-state index contributed by atoms with van der Waals surface area (Å²) in [5, 5.41) is 22.8. The second-order valence-corrected chi connectivity index (χ2v) is 9.63. The lowest BCUT2D eigenvalue weighted by Gasteiger charge is -2.21. The van der Waals surface area contributed by atoms with Gasteiger partial charge in [-0.25, -0.2) is 9.97 Å². The number of H-pyrrole nitrogens is 1. The minimum absolute atomic E-state index is 0.0879. The molecule has 2 unspecified atom stereocenters. The molecule has 0 spiro atoms.